The summed E-state index contributed by atoms with van der Waals surface area (Å²) < 4.78 is 42.6. The summed E-state index contributed by atoms with van der Waals surface area (Å²) in [5.41, 5.74) is 0.302. The second kappa shape index (κ2) is 11.6. The molecule has 1 heterocycles. The van der Waals surface area contributed by atoms with Gasteiger partial charge in [0.25, 0.3) is 5.91 Å². The number of ether oxygens (including phenoxy) is 3. The Balaban J connectivity index is 1.52. The summed E-state index contributed by atoms with van der Waals surface area (Å²) in [7, 11) is -2.30. The van der Waals surface area contributed by atoms with Crippen molar-refractivity contribution in [3.05, 3.63) is 18.2 Å². The summed E-state index contributed by atoms with van der Waals surface area (Å²) in [6, 6.07) is 4.25. The van der Waals surface area contributed by atoms with E-state index in [0.717, 1.165) is 19.3 Å². The van der Waals surface area contributed by atoms with Gasteiger partial charge in [-0.2, -0.15) is 4.31 Å². The lowest BCUT2D eigenvalue weighted by atomic mass is 9.86. The quantitative estimate of drug-likeness (QED) is 0.555. The van der Waals surface area contributed by atoms with Crippen LogP contribution in [0.15, 0.2) is 23.1 Å². The number of carbonyl (C=O) groups excluding carboxylic acids is 2. The summed E-state index contributed by atoms with van der Waals surface area (Å²) in [6.45, 7) is 0.874. The van der Waals surface area contributed by atoms with Crippen molar-refractivity contribution in [3.8, 4) is 5.75 Å². The molecule has 3 rings (SSSR count). The van der Waals surface area contributed by atoms with Gasteiger partial charge in [-0.05, 0) is 24.5 Å². The van der Waals surface area contributed by atoms with Crippen molar-refractivity contribution in [3.63, 3.8) is 0 Å². The van der Waals surface area contributed by atoms with Gasteiger partial charge in [0.15, 0.2) is 6.61 Å². The fraction of sp³-hybridized carbons (Fsp3) is 0.636. The van der Waals surface area contributed by atoms with Crippen LogP contribution < -0.4 is 10.1 Å². The average molecular weight is 469 g/mol. The molecule has 0 unspecified atom stereocenters. The molecule has 0 atom stereocenters. The number of anilines is 1. The number of hydrogen-bond acceptors (Lipinski definition) is 7. The van der Waals surface area contributed by atoms with E-state index in [1.165, 1.54) is 48.9 Å². The molecule has 1 N–H and O–H groups in total. The van der Waals surface area contributed by atoms with Crippen LogP contribution in [0.25, 0.3) is 0 Å². The Hall–Kier alpha value is -2.17. The molecule has 2 fully saturated rings. The van der Waals surface area contributed by atoms with E-state index < -0.39 is 22.5 Å². The SMILES string of the molecule is COc1cc(S(=O)(=O)N2CCOCC2)ccc1NC(=O)COC(=O)CCC1CCCCC1. The van der Waals surface area contributed by atoms with Crippen LogP contribution in [0.3, 0.4) is 0 Å². The van der Waals surface area contributed by atoms with E-state index in [0.29, 0.717) is 31.2 Å². The maximum atomic E-state index is 12.8. The smallest absolute Gasteiger partial charge is 0.306 e. The van der Waals surface area contributed by atoms with Gasteiger partial charge < -0.3 is 19.5 Å². The van der Waals surface area contributed by atoms with E-state index in [4.69, 9.17) is 14.2 Å². The van der Waals surface area contributed by atoms with Crippen molar-refractivity contribution in [1.29, 1.82) is 0 Å². The first kappa shape index (κ1) is 24.5. The first-order chi connectivity index (χ1) is 15.4. The van der Waals surface area contributed by atoms with Crippen LogP contribution in [-0.2, 0) is 29.1 Å². The number of hydrogen-bond donors (Lipinski definition) is 1. The predicted octanol–water partition coefficient (Wildman–Crippen LogP) is 2.56. The minimum absolute atomic E-state index is 0.0726. The number of esters is 1. The molecule has 1 saturated heterocycles. The standard InChI is InChI=1S/C22H32N2O7S/c1-29-20-15-18(32(27,28)24-11-13-30-14-12-24)8-9-19(20)23-21(25)16-31-22(26)10-7-17-5-3-2-4-6-17/h8-9,15,17H,2-7,10-14,16H2,1H3,(H,23,25). The Bertz CT molecular complexity index is 892. The normalized spacial score (nSPS) is 18.2. The fourth-order valence-corrected chi connectivity index (χ4v) is 5.50. The van der Waals surface area contributed by atoms with Gasteiger partial charge >= 0.3 is 5.97 Å². The van der Waals surface area contributed by atoms with Gasteiger partial charge in [-0.1, -0.05) is 32.1 Å². The highest BCUT2D eigenvalue weighted by atomic mass is 32.2. The van der Waals surface area contributed by atoms with Gasteiger partial charge in [0.2, 0.25) is 10.0 Å². The molecule has 1 aromatic rings. The Kier molecular flexibility index (Phi) is 8.89. The Labute approximate surface area is 189 Å². The predicted molar refractivity (Wildman–Crippen MR) is 118 cm³/mol. The van der Waals surface area contributed by atoms with Gasteiger partial charge in [-0.15, -0.1) is 0 Å². The highest BCUT2D eigenvalue weighted by molar-refractivity contribution is 7.89. The first-order valence-electron chi connectivity index (χ1n) is 11.1. The van der Waals surface area contributed by atoms with Crippen LogP contribution in [0.2, 0.25) is 0 Å². The maximum Gasteiger partial charge on any atom is 0.306 e. The molecule has 0 radical (unpaired) electrons. The molecule has 32 heavy (non-hydrogen) atoms. The number of sulfonamides is 1. The van der Waals surface area contributed by atoms with Gasteiger partial charge in [-0.25, -0.2) is 8.42 Å². The topological polar surface area (TPSA) is 111 Å². The summed E-state index contributed by atoms with van der Waals surface area (Å²) in [4.78, 5) is 24.3. The van der Waals surface area contributed by atoms with E-state index in [2.05, 4.69) is 5.32 Å². The highest BCUT2D eigenvalue weighted by Gasteiger charge is 2.27. The zero-order valence-corrected chi connectivity index (χ0v) is 19.3. The molecule has 1 saturated carbocycles. The lowest BCUT2D eigenvalue weighted by molar-refractivity contribution is -0.147. The largest absolute Gasteiger partial charge is 0.495 e. The van der Waals surface area contributed by atoms with Crippen LogP contribution in [0, 0.1) is 5.92 Å². The number of benzene rings is 1. The van der Waals surface area contributed by atoms with E-state index in [9.17, 15) is 18.0 Å². The number of amides is 1. The van der Waals surface area contributed by atoms with Gasteiger partial charge in [-0.3, -0.25) is 9.59 Å². The molecule has 0 aromatic heterocycles. The molecule has 2 aliphatic rings. The first-order valence-corrected chi connectivity index (χ1v) is 12.6. The summed E-state index contributed by atoms with van der Waals surface area (Å²) in [5.74, 6) is -0.124. The van der Waals surface area contributed by atoms with Crippen molar-refractivity contribution in [2.75, 3.05) is 45.3 Å². The fourth-order valence-electron chi connectivity index (χ4n) is 4.07. The Morgan fingerprint density at radius 1 is 1.16 bits per heavy atom. The number of nitrogens with one attached hydrogen (secondary N) is 1. The molecule has 1 aromatic carbocycles. The molecule has 0 spiro atoms. The summed E-state index contributed by atoms with van der Waals surface area (Å²) in [5, 5.41) is 2.61. The molecule has 0 bridgehead atoms. The third-order valence-electron chi connectivity index (χ3n) is 5.90. The van der Waals surface area contributed by atoms with Crippen molar-refractivity contribution in [2.24, 2.45) is 5.92 Å². The minimum atomic E-state index is -3.69. The van der Waals surface area contributed by atoms with Crippen molar-refractivity contribution < 1.29 is 32.2 Å². The van der Waals surface area contributed by atoms with Gasteiger partial charge in [0, 0.05) is 25.6 Å². The van der Waals surface area contributed by atoms with E-state index >= 15 is 0 Å². The Morgan fingerprint density at radius 2 is 1.88 bits per heavy atom. The summed E-state index contributed by atoms with van der Waals surface area (Å²) in [6.07, 6.45) is 7.13. The maximum absolute atomic E-state index is 12.8. The molecule has 178 valence electrons. The van der Waals surface area contributed by atoms with E-state index in [1.54, 1.807) is 0 Å². The Morgan fingerprint density at radius 3 is 2.56 bits per heavy atom. The zero-order chi connectivity index (χ0) is 23.0. The third kappa shape index (κ3) is 6.66. The molecule has 1 amide bonds. The minimum Gasteiger partial charge on any atom is -0.495 e. The van der Waals surface area contributed by atoms with Gasteiger partial charge in [0.05, 0.1) is 30.9 Å². The average Bonchev–Trinajstić information content (AvgIpc) is 2.82. The number of nitrogens with zero attached hydrogens (tertiary/aromatic N) is 1. The van der Waals surface area contributed by atoms with Crippen LogP contribution in [0.4, 0.5) is 5.69 Å². The molecule has 1 aliphatic heterocycles. The van der Waals surface area contributed by atoms with Crippen LogP contribution in [0.1, 0.15) is 44.9 Å². The van der Waals surface area contributed by atoms with Crippen molar-refractivity contribution >= 4 is 27.6 Å². The number of morpholine rings is 1. The highest BCUT2D eigenvalue weighted by Crippen LogP contribution is 2.30. The molecule has 10 heteroatoms. The van der Waals surface area contributed by atoms with Crippen molar-refractivity contribution in [1.82, 2.24) is 4.31 Å². The monoisotopic (exact) mass is 468 g/mol. The zero-order valence-electron chi connectivity index (χ0n) is 18.5. The molecular weight excluding hydrogens is 436 g/mol. The van der Waals surface area contributed by atoms with E-state index in [1.807, 2.05) is 0 Å². The van der Waals surface area contributed by atoms with Gasteiger partial charge in [0.1, 0.15) is 5.75 Å². The molecule has 9 nitrogen and oxygen atoms in total. The van der Waals surface area contributed by atoms with E-state index in [-0.39, 0.29) is 29.7 Å². The number of carbonyl (C=O) groups is 2. The number of methoxy groups -OCH3 is 1. The summed E-state index contributed by atoms with van der Waals surface area (Å²) >= 11 is 0. The second-order valence-electron chi connectivity index (χ2n) is 8.13. The third-order valence-corrected chi connectivity index (χ3v) is 7.80. The second-order valence-corrected chi connectivity index (χ2v) is 10.1. The molecular formula is C22H32N2O7S. The lowest BCUT2D eigenvalue weighted by Crippen LogP contribution is -2.40. The van der Waals surface area contributed by atoms with Crippen LogP contribution in [-0.4, -0.2) is 64.6 Å². The van der Waals surface area contributed by atoms with Crippen LogP contribution in [0.5, 0.6) is 5.75 Å². The molecule has 1 aliphatic carbocycles. The number of rotatable bonds is 9. The van der Waals surface area contributed by atoms with Crippen molar-refractivity contribution in [2.45, 2.75) is 49.8 Å². The lowest BCUT2D eigenvalue weighted by Gasteiger charge is -2.26. The van der Waals surface area contributed by atoms with Crippen LogP contribution >= 0.6 is 0 Å².